The molecule has 0 saturated carbocycles. The highest BCUT2D eigenvalue weighted by Crippen LogP contribution is 2.12. The van der Waals surface area contributed by atoms with Crippen LogP contribution < -0.4 is 0 Å². The topological polar surface area (TPSA) is 54.3 Å². The van der Waals surface area contributed by atoms with Gasteiger partial charge in [0.2, 0.25) is 0 Å². The Bertz CT molecular complexity index is 641. The van der Waals surface area contributed by atoms with E-state index >= 15 is 0 Å². The van der Waals surface area contributed by atoms with Crippen LogP contribution in [0.15, 0.2) is 30.5 Å². The van der Waals surface area contributed by atoms with Crippen molar-refractivity contribution in [1.82, 2.24) is 24.8 Å². The van der Waals surface area contributed by atoms with Crippen LogP contribution in [0, 0.1) is 6.92 Å². The summed E-state index contributed by atoms with van der Waals surface area (Å²) in [5, 5.41) is 7.90. The lowest BCUT2D eigenvalue weighted by Crippen LogP contribution is -2.46. The zero-order valence-electron chi connectivity index (χ0n) is 13.1. The SMILES string of the molecule is Cc1cnnn1-c1ccc(C(=O)CN2CCN(C)CC2)cc1. The van der Waals surface area contributed by atoms with Crippen molar-refractivity contribution in [2.24, 2.45) is 0 Å². The summed E-state index contributed by atoms with van der Waals surface area (Å²) in [7, 11) is 2.12. The van der Waals surface area contributed by atoms with Crippen LogP contribution >= 0.6 is 0 Å². The molecule has 0 radical (unpaired) electrons. The molecule has 116 valence electrons. The van der Waals surface area contributed by atoms with E-state index in [2.05, 4.69) is 27.2 Å². The van der Waals surface area contributed by atoms with Gasteiger partial charge in [-0.25, -0.2) is 4.68 Å². The summed E-state index contributed by atoms with van der Waals surface area (Å²) in [6.45, 7) is 6.41. The van der Waals surface area contributed by atoms with E-state index in [1.807, 2.05) is 31.2 Å². The molecule has 1 aliphatic heterocycles. The van der Waals surface area contributed by atoms with Gasteiger partial charge < -0.3 is 4.90 Å². The Hall–Kier alpha value is -2.05. The normalized spacial score (nSPS) is 16.8. The van der Waals surface area contributed by atoms with Crippen molar-refractivity contribution in [3.05, 3.63) is 41.7 Å². The zero-order valence-corrected chi connectivity index (χ0v) is 13.1. The van der Waals surface area contributed by atoms with Gasteiger partial charge in [-0.15, -0.1) is 5.10 Å². The predicted octanol–water partition coefficient (Wildman–Crippen LogP) is 1.01. The van der Waals surface area contributed by atoms with E-state index in [1.165, 1.54) is 0 Å². The third kappa shape index (κ3) is 3.23. The Kier molecular flexibility index (Phi) is 4.31. The Morgan fingerprint density at radius 1 is 1.14 bits per heavy atom. The number of carbonyl (C=O) groups is 1. The van der Waals surface area contributed by atoms with Gasteiger partial charge in [-0.1, -0.05) is 5.21 Å². The number of aryl methyl sites for hydroxylation is 1. The minimum absolute atomic E-state index is 0.173. The molecule has 1 saturated heterocycles. The average Bonchev–Trinajstić information content (AvgIpc) is 2.96. The molecule has 1 aromatic heterocycles. The number of likely N-dealkylation sites (N-methyl/N-ethyl adjacent to an activating group) is 1. The summed E-state index contributed by atoms with van der Waals surface area (Å²) in [4.78, 5) is 16.9. The highest BCUT2D eigenvalue weighted by atomic mass is 16.1. The predicted molar refractivity (Wildman–Crippen MR) is 84.4 cm³/mol. The van der Waals surface area contributed by atoms with Crippen LogP contribution in [0.3, 0.4) is 0 Å². The number of Topliss-reactive ketones (excluding diaryl/α,β-unsaturated/α-hetero) is 1. The Morgan fingerprint density at radius 3 is 2.41 bits per heavy atom. The highest BCUT2D eigenvalue weighted by molar-refractivity contribution is 5.97. The second-order valence-electron chi connectivity index (χ2n) is 5.84. The number of hydrogen-bond acceptors (Lipinski definition) is 5. The minimum atomic E-state index is 0.173. The van der Waals surface area contributed by atoms with Gasteiger partial charge in [0, 0.05) is 31.7 Å². The molecule has 1 fully saturated rings. The monoisotopic (exact) mass is 299 g/mol. The number of hydrogen-bond donors (Lipinski definition) is 0. The molecule has 0 unspecified atom stereocenters. The highest BCUT2D eigenvalue weighted by Gasteiger charge is 2.17. The van der Waals surface area contributed by atoms with Crippen molar-refractivity contribution in [2.75, 3.05) is 39.8 Å². The first-order valence-corrected chi connectivity index (χ1v) is 7.55. The lowest BCUT2D eigenvalue weighted by Gasteiger charge is -2.31. The van der Waals surface area contributed by atoms with Crippen molar-refractivity contribution in [2.45, 2.75) is 6.92 Å². The maximum Gasteiger partial charge on any atom is 0.176 e. The molecule has 0 atom stereocenters. The average molecular weight is 299 g/mol. The summed E-state index contributed by atoms with van der Waals surface area (Å²) < 4.78 is 1.76. The van der Waals surface area contributed by atoms with E-state index in [0.29, 0.717) is 6.54 Å². The molecule has 6 nitrogen and oxygen atoms in total. The fraction of sp³-hybridized carbons (Fsp3) is 0.438. The summed E-state index contributed by atoms with van der Waals surface area (Å²) in [5.41, 5.74) is 2.64. The second kappa shape index (κ2) is 6.37. The van der Waals surface area contributed by atoms with Crippen molar-refractivity contribution < 1.29 is 4.79 Å². The maximum atomic E-state index is 12.4. The number of rotatable bonds is 4. The largest absolute Gasteiger partial charge is 0.304 e. The molecule has 3 rings (SSSR count). The van der Waals surface area contributed by atoms with Gasteiger partial charge in [0.15, 0.2) is 5.78 Å². The third-order valence-corrected chi connectivity index (χ3v) is 4.12. The molecule has 1 aliphatic rings. The Labute approximate surface area is 130 Å². The number of piperazine rings is 1. The number of ketones is 1. The van der Waals surface area contributed by atoms with Crippen molar-refractivity contribution in [3.63, 3.8) is 0 Å². The molecule has 22 heavy (non-hydrogen) atoms. The van der Waals surface area contributed by atoms with Gasteiger partial charge in [-0.2, -0.15) is 0 Å². The first-order chi connectivity index (χ1) is 10.6. The Balaban J connectivity index is 1.65. The number of nitrogens with zero attached hydrogens (tertiary/aromatic N) is 5. The van der Waals surface area contributed by atoms with Gasteiger partial charge >= 0.3 is 0 Å². The molecule has 0 N–H and O–H groups in total. The van der Waals surface area contributed by atoms with E-state index in [4.69, 9.17) is 0 Å². The standard InChI is InChI=1S/C16H21N5O/c1-13-11-17-18-21(13)15-5-3-14(4-6-15)16(22)12-20-9-7-19(2)8-10-20/h3-6,11H,7-10,12H2,1-2H3. The fourth-order valence-electron chi connectivity index (χ4n) is 2.63. The minimum Gasteiger partial charge on any atom is -0.304 e. The fourth-order valence-corrected chi connectivity index (χ4v) is 2.63. The van der Waals surface area contributed by atoms with Crippen LogP contribution in [0.4, 0.5) is 0 Å². The second-order valence-corrected chi connectivity index (χ2v) is 5.84. The molecular formula is C16H21N5O. The summed E-state index contributed by atoms with van der Waals surface area (Å²) in [6, 6.07) is 7.57. The molecule has 2 aromatic rings. The van der Waals surface area contributed by atoms with Gasteiger partial charge in [-0.3, -0.25) is 9.69 Å². The van der Waals surface area contributed by atoms with Gasteiger partial charge in [0.1, 0.15) is 0 Å². The summed E-state index contributed by atoms with van der Waals surface area (Å²) >= 11 is 0. The van der Waals surface area contributed by atoms with Crippen LogP contribution in [-0.4, -0.2) is 70.3 Å². The smallest absolute Gasteiger partial charge is 0.176 e. The lowest BCUT2D eigenvalue weighted by atomic mass is 10.1. The molecule has 0 amide bonds. The molecular weight excluding hydrogens is 278 g/mol. The van der Waals surface area contributed by atoms with E-state index in [-0.39, 0.29) is 5.78 Å². The number of carbonyl (C=O) groups excluding carboxylic acids is 1. The molecule has 0 aliphatic carbocycles. The van der Waals surface area contributed by atoms with E-state index < -0.39 is 0 Å². The lowest BCUT2D eigenvalue weighted by molar-refractivity contribution is 0.0876. The third-order valence-electron chi connectivity index (χ3n) is 4.12. The maximum absolute atomic E-state index is 12.4. The van der Waals surface area contributed by atoms with Crippen molar-refractivity contribution in [1.29, 1.82) is 0 Å². The first-order valence-electron chi connectivity index (χ1n) is 7.55. The number of benzene rings is 1. The van der Waals surface area contributed by atoms with Crippen LogP contribution in [0.2, 0.25) is 0 Å². The van der Waals surface area contributed by atoms with Crippen LogP contribution in [0.1, 0.15) is 16.1 Å². The molecule has 0 spiro atoms. The van der Waals surface area contributed by atoms with Crippen LogP contribution in [0.25, 0.3) is 5.69 Å². The number of aromatic nitrogens is 3. The molecule has 0 bridgehead atoms. The zero-order chi connectivity index (χ0) is 15.5. The van der Waals surface area contributed by atoms with Crippen LogP contribution in [0.5, 0.6) is 0 Å². The van der Waals surface area contributed by atoms with E-state index in [1.54, 1.807) is 10.9 Å². The van der Waals surface area contributed by atoms with E-state index in [9.17, 15) is 4.79 Å². The van der Waals surface area contributed by atoms with Crippen molar-refractivity contribution >= 4 is 5.78 Å². The van der Waals surface area contributed by atoms with Gasteiger partial charge in [0.25, 0.3) is 0 Å². The van der Waals surface area contributed by atoms with Gasteiger partial charge in [-0.05, 0) is 38.2 Å². The van der Waals surface area contributed by atoms with Gasteiger partial charge in [0.05, 0.1) is 24.1 Å². The molecule has 1 aromatic carbocycles. The van der Waals surface area contributed by atoms with Crippen molar-refractivity contribution in [3.8, 4) is 5.69 Å². The summed E-state index contributed by atoms with van der Waals surface area (Å²) in [6.07, 6.45) is 1.71. The molecule has 6 heteroatoms. The Morgan fingerprint density at radius 2 is 1.82 bits per heavy atom. The quantitative estimate of drug-likeness (QED) is 0.789. The summed E-state index contributed by atoms with van der Waals surface area (Å²) in [5.74, 6) is 0.173. The first kappa shape index (κ1) is 14.9. The van der Waals surface area contributed by atoms with Crippen LogP contribution in [-0.2, 0) is 0 Å². The van der Waals surface area contributed by atoms with E-state index in [0.717, 1.165) is 43.1 Å². The molecule has 2 heterocycles.